The van der Waals surface area contributed by atoms with Crippen molar-refractivity contribution in [2.45, 2.75) is 26.1 Å². The lowest BCUT2D eigenvalue weighted by Crippen LogP contribution is -2.23. The van der Waals surface area contributed by atoms with Gasteiger partial charge in [-0.2, -0.15) is 0 Å². The number of imidazole rings is 1. The van der Waals surface area contributed by atoms with Crippen LogP contribution in [0.4, 0.5) is 0 Å². The Morgan fingerprint density at radius 1 is 1.09 bits per heavy atom. The molecule has 23 heavy (non-hydrogen) atoms. The van der Waals surface area contributed by atoms with E-state index in [0.29, 0.717) is 19.5 Å². The van der Waals surface area contributed by atoms with Gasteiger partial charge in [-0.1, -0.05) is 36.4 Å². The van der Waals surface area contributed by atoms with Gasteiger partial charge in [0, 0.05) is 19.5 Å². The number of nitrogens with one attached hydrogen (secondary N) is 1. The van der Waals surface area contributed by atoms with Gasteiger partial charge < -0.3 is 15.0 Å². The van der Waals surface area contributed by atoms with E-state index in [2.05, 4.69) is 10.3 Å². The van der Waals surface area contributed by atoms with Gasteiger partial charge in [0.1, 0.15) is 0 Å². The van der Waals surface area contributed by atoms with Crippen LogP contribution >= 0.6 is 0 Å². The van der Waals surface area contributed by atoms with Crippen molar-refractivity contribution in [1.29, 1.82) is 0 Å². The molecule has 0 fully saturated rings. The first-order valence-corrected chi connectivity index (χ1v) is 7.61. The molecule has 0 bridgehead atoms. The van der Waals surface area contributed by atoms with Crippen molar-refractivity contribution in [2.75, 3.05) is 0 Å². The molecule has 0 unspecified atom stereocenters. The minimum Gasteiger partial charge on any atom is -0.392 e. The van der Waals surface area contributed by atoms with E-state index >= 15 is 0 Å². The van der Waals surface area contributed by atoms with E-state index in [9.17, 15) is 4.79 Å². The minimum atomic E-state index is 0.00835. The smallest absolute Gasteiger partial charge is 0.222 e. The number of rotatable bonds is 6. The molecule has 1 aromatic heterocycles. The van der Waals surface area contributed by atoms with E-state index < -0.39 is 0 Å². The Balaban J connectivity index is 1.51. The largest absolute Gasteiger partial charge is 0.392 e. The molecule has 0 atom stereocenters. The lowest BCUT2D eigenvalue weighted by atomic mass is 10.1. The number of para-hydroxylation sites is 2. The van der Waals surface area contributed by atoms with Gasteiger partial charge >= 0.3 is 0 Å². The predicted molar refractivity (Wildman–Crippen MR) is 88.6 cm³/mol. The van der Waals surface area contributed by atoms with E-state index in [1.807, 2.05) is 53.1 Å². The monoisotopic (exact) mass is 309 g/mol. The zero-order valence-electron chi connectivity index (χ0n) is 12.8. The molecule has 0 aliphatic carbocycles. The van der Waals surface area contributed by atoms with Crippen molar-refractivity contribution in [1.82, 2.24) is 14.9 Å². The molecular formula is C18H19N3O2. The first-order valence-electron chi connectivity index (χ1n) is 7.61. The number of carbonyl (C=O) groups excluding carboxylic acids is 1. The first-order chi connectivity index (χ1) is 11.3. The normalized spacial score (nSPS) is 10.8. The number of benzene rings is 2. The Bertz CT molecular complexity index is 793. The third kappa shape index (κ3) is 3.76. The van der Waals surface area contributed by atoms with Crippen LogP contribution in [0.15, 0.2) is 54.9 Å². The SMILES string of the molecule is O=C(CCn1cnc2ccccc21)NCc1ccc(CO)cc1. The molecule has 0 saturated heterocycles. The Labute approximate surface area is 134 Å². The van der Waals surface area contributed by atoms with E-state index in [-0.39, 0.29) is 12.5 Å². The number of amides is 1. The average Bonchev–Trinajstić information content (AvgIpc) is 3.02. The zero-order valence-corrected chi connectivity index (χ0v) is 12.8. The van der Waals surface area contributed by atoms with Gasteiger partial charge in [-0.3, -0.25) is 4.79 Å². The number of hydrogen-bond acceptors (Lipinski definition) is 3. The van der Waals surface area contributed by atoms with E-state index in [1.165, 1.54) is 0 Å². The first kappa shape index (κ1) is 15.2. The van der Waals surface area contributed by atoms with Gasteiger partial charge in [0.25, 0.3) is 0 Å². The van der Waals surface area contributed by atoms with Crippen molar-refractivity contribution in [3.05, 3.63) is 66.0 Å². The van der Waals surface area contributed by atoms with Crippen LogP contribution in [0.2, 0.25) is 0 Å². The number of aliphatic hydroxyl groups excluding tert-OH is 1. The molecule has 118 valence electrons. The summed E-state index contributed by atoms with van der Waals surface area (Å²) in [6.07, 6.45) is 2.18. The molecule has 1 heterocycles. The Kier molecular flexibility index (Phi) is 4.68. The summed E-state index contributed by atoms with van der Waals surface area (Å²) in [5.41, 5.74) is 3.87. The van der Waals surface area contributed by atoms with Gasteiger partial charge in [0.05, 0.1) is 24.0 Å². The second-order valence-corrected chi connectivity index (χ2v) is 5.43. The number of aromatic nitrogens is 2. The highest BCUT2D eigenvalue weighted by Gasteiger charge is 2.05. The summed E-state index contributed by atoms with van der Waals surface area (Å²) in [4.78, 5) is 16.3. The summed E-state index contributed by atoms with van der Waals surface area (Å²) < 4.78 is 1.99. The molecule has 5 heteroatoms. The molecule has 2 aromatic carbocycles. The molecule has 2 N–H and O–H groups in total. The molecule has 0 saturated carbocycles. The number of aryl methyl sites for hydroxylation is 1. The number of aliphatic hydroxyl groups is 1. The summed E-state index contributed by atoms with van der Waals surface area (Å²) in [6.45, 7) is 1.14. The Morgan fingerprint density at radius 2 is 1.83 bits per heavy atom. The third-order valence-electron chi connectivity index (χ3n) is 3.80. The van der Waals surface area contributed by atoms with Gasteiger partial charge in [-0.15, -0.1) is 0 Å². The van der Waals surface area contributed by atoms with Crippen molar-refractivity contribution in [3.8, 4) is 0 Å². The van der Waals surface area contributed by atoms with Crippen molar-refractivity contribution in [2.24, 2.45) is 0 Å². The van der Waals surface area contributed by atoms with Gasteiger partial charge in [-0.05, 0) is 23.3 Å². The Morgan fingerprint density at radius 3 is 2.61 bits per heavy atom. The maximum Gasteiger partial charge on any atom is 0.222 e. The van der Waals surface area contributed by atoms with Crippen LogP contribution in [0, 0.1) is 0 Å². The third-order valence-corrected chi connectivity index (χ3v) is 3.80. The second kappa shape index (κ2) is 7.07. The van der Waals surface area contributed by atoms with Crippen LogP contribution in [0.3, 0.4) is 0 Å². The summed E-state index contributed by atoms with van der Waals surface area (Å²) >= 11 is 0. The van der Waals surface area contributed by atoms with Crippen LogP contribution in [0.25, 0.3) is 11.0 Å². The quantitative estimate of drug-likeness (QED) is 0.734. The fourth-order valence-corrected chi connectivity index (χ4v) is 2.46. The fraction of sp³-hybridized carbons (Fsp3) is 0.222. The van der Waals surface area contributed by atoms with E-state index in [0.717, 1.165) is 22.2 Å². The van der Waals surface area contributed by atoms with Crippen LogP contribution in [0.5, 0.6) is 0 Å². The van der Waals surface area contributed by atoms with Crippen molar-refractivity contribution in [3.63, 3.8) is 0 Å². The lowest BCUT2D eigenvalue weighted by molar-refractivity contribution is -0.121. The van der Waals surface area contributed by atoms with Crippen LogP contribution < -0.4 is 5.32 Å². The minimum absolute atomic E-state index is 0.00835. The van der Waals surface area contributed by atoms with Crippen LogP contribution in [-0.2, 0) is 24.5 Å². The zero-order chi connectivity index (χ0) is 16.1. The molecular weight excluding hydrogens is 290 g/mol. The average molecular weight is 309 g/mol. The topological polar surface area (TPSA) is 67.2 Å². The summed E-state index contributed by atoms with van der Waals surface area (Å²) in [5.74, 6) is 0.00835. The molecule has 0 aliphatic rings. The maximum atomic E-state index is 12.0. The van der Waals surface area contributed by atoms with Gasteiger partial charge in [0.2, 0.25) is 5.91 Å². The predicted octanol–water partition coefficient (Wildman–Crippen LogP) is 2.24. The summed E-state index contributed by atoms with van der Waals surface area (Å²) in [7, 11) is 0. The fourth-order valence-electron chi connectivity index (χ4n) is 2.46. The van der Waals surface area contributed by atoms with Crippen LogP contribution in [-0.4, -0.2) is 20.6 Å². The van der Waals surface area contributed by atoms with Crippen LogP contribution in [0.1, 0.15) is 17.5 Å². The van der Waals surface area contributed by atoms with Crippen molar-refractivity contribution < 1.29 is 9.90 Å². The second-order valence-electron chi connectivity index (χ2n) is 5.43. The molecule has 5 nitrogen and oxygen atoms in total. The lowest BCUT2D eigenvalue weighted by Gasteiger charge is -2.07. The molecule has 3 rings (SSSR count). The number of carbonyl (C=O) groups is 1. The highest BCUT2D eigenvalue weighted by molar-refractivity contribution is 5.77. The highest BCUT2D eigenvalue weighted by Crippen LogP contribution is 2.12. The highest BCUT2D eigenvalue weighted by atomic mass is 16.3. The molecule has 0 aliphatic heterocycles. The van der Waals surface area contributed by atoms with Crippen molar-refractivity contribution >= 4 is 16.9 Å². The number of nitrogens with zero attached hydrogens (tertiary/aromatic N) is 2. The molecule has 3 aromatic rings. The standard InChI is InChI=1S/C18H19N3O2/c22-12-15-7-5-14(6-8-15)11-19-18(23)9-10-21-13-20-16-3-1-2-4-17(16)21/h1-8,13,22H,9-12H2,(H,19,23). The molecule has 0 spiro atoms. The van der Waals surface area contributed by atoms with E-state index in [4.69, 9.17) is 5.11 Å². The molecule has 0 radical (unpaired) electrons. The van der Waals surface area contributed by atoms with E-state index in [1.54, 1.807) is 6.33 Å². The summed E-state index contributed by atoms with van der Waals surface area (Å²) in [6, 6.07) is 15.4. The number of fused-ring (bicyclic) bond motifs is 1. The van der Waals surface area contributed by atoms with Gasteiger partial charge in [-0.25, -0.2) is 4.98 Å². The maximum absolute atomic E-state index is 12.0. The number of hydrogen-bond donors (Lipinski definition) is 2. The molecule has 1 amide bonds. The van der Waals surface area contributed by atoms with Gasteiger partial charge in [0.15, 0.2) is 0 Å². The summed E-state index contributed by atoms with van der Waals surface area (Å²) in [5, 5.41) is 11.9. The Hall–Kier alpha value is -2.66.